The molecule has 1 rings (SSSR count). The van der Waals surface area contributed by atoms with Crippen molar-refractivity contribution >= 4 is 5.78 Å². The van der Waals surface area contributed by atoms with Crippen molar-refractivity contribution in [3.63, 3.8) is 0 Å². The van der Waals surface area contributed by atoms with Gasteiger partial charge in [0.15, 0.2) is 5.78 Å². The number of rotatable bonds is 6. The van der Waals surface area contributed by atoms with Gasteiger partial charge in [0, 0.05) is 11.6 Å². The maximum atomic E-state index is 12.0. The van der Waals surface area contributed by atoms with Gasteiger partial charge in [0.2, 0.25) is 0 Å². The van der Waals surface area contributed by atoms with Crippen LogP contribution in [-0.4, -0.2) is 17.4 Å². The number of hydrogen-bond acceptors (Lipinski definition) is 3. The van der Waals surface area contributed by atoms with Gasteiger partial charge in [-0.3, -0.25) is 9.78 Å². The standard InChI is InChI=1S/C13H19NO2/c1-4-13(3,5-2)12(15)10-16-11-7-6-8-14-9-11/h6-9H,4-5,10H2,1-3H3. The molecular formula is C13H19NO2. The van der Waals surface area contributed by atoms with Gasteiger partial charge in [-0.25, -0.2) is 0 Å². The third-order valence-corrected chi connectivity index (χ3v) is 3.24. The smallest absolute Gasteiger partial charge is 0.176 e. The van der Waals surface area contributed by atoms with Crippen molar-refractivity contribution < 1.29 is 9.53 Å². The van der Waals surface area contributed by atoms with E-state index in [-0.39, 0.29) is 17.8 Å². The van der Waals surface area contributed by atoms with Crippen molar-refractivity contribution in [1.82, 2.24) is 4.98 Å². The van der Waals surface area contributed by atoms with E-state index in [1.807, 2.05) is 20.8 Å². The average molecular weight is 221 g/mol. The lowest BCUT2D eigenvalue weighted by molar-refractivity contribution is -0.130. The fraction of sp³-hybridized carbons (Fsp3) is 0.538. The van der Waals surface area contributed by atoms with Crippen molar-refractivity contribution in [3.8, 4) is 5.75 Å². The summed E-state index contributed by atoms with van der Waals surface area (Å²) in [5.74, 6) is 0.798. The molecule has 3 nitrogen and oxygen atoms in total. The van der Waals surface area contributed by atoms with Gasteiger partial charge in [0.1, 0.15) is 12.4 Å². The van der Waals surface area contributed by atoms with E-state index in [9.17, 15) is 4.79 Å². The Hall–Kier alpha value is -1.38. The molecule has 0 aliphatic heterocycles. The van der Waals surface area contributed by atoms with Gasteiger partial charge in [-0.05, 0) is 25.0 Å². The normalized spacial score (nSPS) is 11.2. The molecule has 88 valence electrons. The van der Waals surface area contributed by atoms with Crippen LogP contribution in [0.2, 0.25) is 0 Å². The van der Waals surface area contributed by atoms with Crippen LogP contribution in [0.5, 0.6) is 5.75 Å². The number of carbonyl (C=O) groups is 1. The van der Waals surface area contributed by atoms with E-state index in [2.05, 4.69) is 4.98 Å². The van der Waals surface area contributed by atoms with E-state index in [0.29, 0.717) is 5.75 Å². The molecule has 0 radical (unpaired) electrons. The molecule has 1 aromatic rings. The first-order chi connectivity index (χ1) is 7.62. The molecule has 0 unspecified atom stereocenters. The Morgan fingerprint density at radius 1 is 1.44 bits per heavy atom. The molecule has 0 aromatic carbocycles. The summed E-state index contributed by atoms with van der Waals surface area (Å²) in [6.45, 7) is 6.18. The molecule has 1 aromatic heterocycles. The van der Waals surface area contributed by atoms with Crippen LogP contribution in [0.15, 0.2) is 24.5 Å². The Morgan fingerprint density at radius 2 is 2.12 bits per heavy atom. The highest BCUT2D eigenvalue weighted by Crippen LogP contribution is 2.26. The fourth-order valence-corrected chi connectivity index (χ4v) is 1.40. The summed E-state index contributed by atoms with van der Waals surface area (Å²) >= 11 is 0. The Labute approximate surface area is 96.8 Å². The van der Waals surface area contributed by atoms with E-state index in [1.54, 1.807) is 24.5 Å². The monoisotopic (exact) mass is 221 g/mol. The van der Waals surface area contributed by atoms with Gasteiger partial charge >= 0.3 is 0 Å². The average Bonchev–Trinajstić information content (AvgIpc) is 2.36. The molecule has 0 N–H and O–H groups in total. The third-order valence-electron chi connectivity index (χ3n) is 3.24. The summed E-state index contributed by atoms with van der Waals surface area (Å²) in [5.41, 5.74) is -0.262. The van der Waals surface area contributed by atoms with Crippen LogP contribution in [-0.2, 0) is 4.79 Å². The number of nitrogens with zero attached hydrogens (tertiary/aromatic N) is 1. The number of ketones is 1. The van der Waals surface area contributed by atoms with Gasteiger partial charge in [-0.2, -0.15) is 0 Å². The minimum absolute atomic E-state index is 0.129. The minimum Gasteiger partial charge on any atom is -0.484 e. The predicted octanol–water partition coefficient (Wildman–Crippen LogP) is 2.86. The zero-order valence-corrected chi connectivity index (χ0v) is 10.2. The number of ether oxygens (including phenoxy) is 1. The molecule has 0 aliphatic rings. The molecule has 0 atom stereocenters. The van der Waals surface area contributed by atoms with Crippen molar-refractivity contribution in [1.29, 1.82) is 0 Å². The van der Waals surface area contributed by atoms with Crippen LogP contribution < -0.4 is 4.74 Å². The summed E-state index contributed by atoms with van der Waals surface area (Å²) in [6, 6.07) is 3.59. The van der Waals surface area contributed by atoms with Crippen LogP contribution in [0.4, 0.5) is 0 Å². The molecule has 0 saturated carbocycles. The zero-order valence-electron chi connectivity index (χ0n) is 10.2. The maximum absolute atomic E-state index is 12.0. The van der Waals surface area contributed by atoms with E-state index in [1.165, 1.54) is 0 Å². The second kappa shape index (κ2) is 5.64. The summed E-state index contributed by atoms with van der Waals surface area (Å²) in [5, 5.41) is 0. The first kappa shape index (κ1) is 12.7. The lowest BCUT2D eigenvalue weighted by atomic mass is 9.81. The molecule has 3 heteroatoms. The highest BCUT2D eigenvalue weighted by Gasteiger charge is 2.29. The molecule has 0 amide bonds. The molecular weight excluding hydrogens is 202 g/mol. The van der Waals surface area contributed by atoms with Crippen molar-refractivity contribution in [2.45, 2.75) is 33.6 Å². The number of hydrogen-bond donors (Lipinski definition) is 0. The molecule has 16 heavy (non-hydrogen) atoms. The third kappa shape index (κ3) is 3.05. The van der Waals surface area contributed by atoms with Crippen LogP contribution in [0, 0.1) is 5.41 Å². The van der Waals surface area contributed by atoms with Crippen LogP contribution in [0.1, 0.15) is 33.6 Å². The largest absolute Gasteiger partial charge is 0.484 e. The number of carbonyl (C=O) groups excluding carboxylic acids is 1. The number of Topliss-reactive ketones (excluding diaryl/α,β-unsaturated/α-hetero) is 1. The lowest BCUT2D eigenvalue weighted by Crippen LogP contribution is -2.31. The number of aromatic nitrogens is 1. The van der Waals surface area contributed by atoms with Crippen LogP contribution in [0.25, 0.3) is 0 Å². The van der Waals surface area contributed by atoms with E-state index >= 15 is 0 Å². The van der Waals surface area contributed by atoms with Gasteiger partial charge in [0.05, 0.1) is 6.20 Å². The Balaban J connectivity index is 2.53. The van der Waals surface area contributed by atoms with Gasteiger partial charge in [0.25, 0.3) is 0 Å². The van der Waals surface area contributed by atoms with Crippen molar-refractivity contribution in [2.75, 3.05) is 6.61 Å². The molecule has 0 bridgehead atoms. The molecule has 0 fully saturated rings. The summed E-state index contributed by atoms with van der Waals surface area (Å²) in [6.07, 6.45) is 4.98. The fourth-order valence-electron chi connectivity index (χ4n) is 1.40. The second-order valence-corrected chi connectivity index (χ2v) is 4.17. The van der Waals surface area contributed by atoms with Crippen LogP contribution >= 0.6 is 0 Å². The highest BCUT2D eigenvalue weighted by molar-refractivity contribution is 5.85. The molecule has 0 saturated heterocycles. The summed E-state index contributed by atoms with van der Waals surface area (Å²) in [4.78, 5) is 15.9. The Morgan fingerprint density at radius 3 is 2.62 bits per heavy atom. The van der Waals surface area contributed by atoms with Gasteiger partial charge in [-0.1, -0.05) is 20.8 Å². The van der Waals surface area contributed by atoms with Crippen molar-refractivity contribution in [3.05, 3.63) is 24.5 Å². The van der Waals surface area contributed by atoms with E-state index in [0.717, 1.165) is 12.8 Å². The SMILES string of the molecule is CCC(C)(CC)C(=O)COc1cccnc1. The molecule has 0 aliphatic carbocycles. The van der Waals surface area contributed by atoms with E-state index < -0.39 is 0 Å². The van der Waals surface area contributed by atoms with Crippen molar-refractivity contribution in [2.24, 2.45) is 5.41 Å². The highest BCUT2D eigenvalue weighted by atomic mass is 16.5. The maximum Gasteiger partial charge on any atom is 0.176 e. The van der Waals surface area contributed by atoms with Crippen LogP contribution in [0.3, 0.4) is 0 Å². The Bertz CT molecular complexity index is 331. The molecule has 0 spiro atoms. The Kier molecular flexibility index (Phi) is 4.47. The second-order valence-electron chi connectivity index (χ2n) is 4.17. The summed E-state index contributed by atoms with van der Waals surface area (Å²) in [7, 11) is 0. The molecule has 1 heterocycles. The summed E-state index contributed by atoms with van der Waals surface area (Å²) < 4.78 is 5.41. The number of pyridine rings is 1. The first-order valence-corrected chi connectivity index (χ1v) is 5.68. The minimum atomic E-state index is -0.262. The lowest BCUT2D eigenvalue weighted by Gasteiger charge is -2.24. The van der Waals surface area contributed by atoms with E-state index in [4.69, 9.17) is 4.74 Å². The predicted molar refractivity (Wildman–Crippen MR) is 63.4 cm³/mol. The van der Waals surface area contributed by atoms with Gasteiger partial charge in [-0.15, -0.1) is 0 Å². The first-order valence-electron chi connectivity index (χ1n) is 5.68. The topological polar surface area (TPSA) is 39.2 Å². The van der Waals surface area contributed by atoms with Gasteiger partial charge < -0.3 is 4.74 Å². The zero-order chi connectivity index (χ0) is 12.0. The quantitative estimate of drug-likeness (QED) is 0.741.